The van der Waals surface area contributed by atoms with Crippen LogP contribution < -0.4 is 10.2 Å². The second-order valence-electron chi connectivity index (χ2n) is 6.58. The number of nitrogens with zero attached hydrogens (tertiary/aromatic N) is 1. The monoisotopic (exact) mass is 340 g/mol. The lowest BCUT2D eigenvalue weighted by atomic mass is 10.1. The molecular weight excluding hydrogens is 315 g/mol. The molecule has 0 aromatic heterocycles. The zero-order valence-corrected chi connectivity index (χ0v) is 14.5. The molecule has 25 heavy (non-hydrogen) atoms. The van der Waals surface area contributed by atoms with Crippen molar-refractivity contribution >= 4 is 11.6 Å². The van der Waals surface area contributed by atoms with Crippen molar-refractivity contribution in [2.75, 3.05) is 24.5 Å². The van der Waals surface area contributed by atoms with Crippen LogP contribution in [-0.2, 0) is 6.42 Å². The summed E-state index contributed by atoms with van der Waals surface area (Å²) in [6.07, 6.45) is 6.01. The number of carbonyl (C=O) groups excluding carboxylic acids is 1. The Hall–Kier alpha value is -2.36. The molecule has 2 aromatic carbocycles. The molecule has 0 spiro atoms. The molecule has 4 heteroatoms. The van der Waals surface area contributed by atoms with E-state index >= 15 is 0 Å². The van der Waals surface area contributed by atoms with Crippen LogP contribution in [0.4, 0.5) is 10.1 Å². The van der Waals surface area contributed by atoms with Gasteiger partial charge in [-0.15, -0.1) is 0 Å². The summed E-state index contributed by atoms with van der Waals surface area (Å²) < 4.78 is 12.9. The molecule has 1 amide bonds. The molecule has 1 heterocycles. The van der Waals surface area contributed by atoms with Crippen molar-refractivity contribution in [3.05, 3.63) is 65.5 Å². The van der Waals surface area contributed by atoms with Crippen LogP contribution in [0.5, 0.6) is 0 Å². The van der Waals surface area contributed by atoms with Gasteiger partial charge in [0.05, 0.1) is 0 Å². The number of anilines is 1. The second-order valence-corrected chi connectivity index (χ2v) is 6.58. The van der Waals surface area contributed by atoms with Crippen LogP contribution in [0.2, 0.25) is 0 Å². The molecule has 0 unspecified atom stereocenters. The van der Waals surface area contributed by atoms with Crippen LogP contribution in [-0.4, -0.2) is 25.5 Å². The standard InChI is InChI=1S/C21H25FN2O/c22-19-9-7-18(8-10-19)21(25)23-14-13-17-5-11-20(12-6-17)24-15-3-1-2-4-16-24/h5-12H,1-4,13-16H2,(H,23,25). The number of hydrogen-bond acceptors (Lipinski definition) is 2. The van der Waals surface area contributed by atoms with Crippen LogP contribution >= 0.6 is 0 Å². The molecule has 3 rings (SSSR count). The van der Waals surface area contributed by atoms with Crippen LogP contribution in [0.15, 0.2) is 48.5 Å². The Morgan fingerprint density at radius 1 is 0.920 bits per heavy atom. The molecule has 1 aliphatic rings. The van der Waals surface area contributed by atoms with Crippen LogP contribution in [0.1, 0.15) is 41.6 Å². The Morgan fingerprint density at radius 3 is 2.20 bits per heavy atom. The number of amides is 1. The number of rotatable bonds is 5. The largest absolute Gasteiger partial charge is 0.372 e. The minimum Gasteiger partial charge on any atom is -0.372 e. The van der Waals surface area contributed by atoms with Gasteiger partial charge in [0.1, 0.15) is 5.82 Å². The maximum atomic E-state index is 12.9. The Morgan fingerprint density at radius 2 is 1.56 bits per heavy atom. The Balaban J connectivity index is 1.48. The lowest BCUT2D eigenvalue weighted by Crippen LogP contribution is -2.25. The molecule has 1 aliphatic heterocycles. The zero-order chi connectivity index (χ0) is 17.5. The van der Waals surface area contributed by atoms with Gasteiger partial charge in [-0.2, -0.15) is 0 Å². The fourth-order valence-corrected chi connectivity index (χ4v) is 3.23. The van der Waals surface area contributed by atoms with E-state index in [0.29, 0.717) is 12.1 Å². The number of nitrogens with one attached hydrogen (secondary N) is 1. The van der Waals surface area contributed by atoms with E-state index in [9.17, 15) is 9.18 Å². The molecule has 1 fully saturated rings. The van der Waals surface area contributed by atoms with E-state index in [0.717, 1.165) is 19.5 Å². The van der Waals surface area contributed by atoms with Crippen LogP contribution in [0.25, 0.3) is 0 Å². The first-order valence-corrected chi connectivity index (χ1v) is 9.10. The molecule has 1 N–H and O–H groups in total. The highest BCUT2D eigenvalue weighted by Crippen LogP contribution is 2.20. The average molecular weight is 340 g/mol. The van der Waals surface area contributed by atoms with Gasteiger partial charge >= 0.3 is 0 Å². The number of hydrogen-bond donors (Lipinski definition) is 1. The van der Waals surface area contributed by atoms with Gasteiger partial charge in [0, 0.05) is 30.9 Å². The summed E-state index contributed by atoms with van der Waals surface area (Å²) >= 11 is 0. The SMILES string of the molecule is O=C(NCCc1ccc(N2CCCCCC2)cc1)c1ccc(F)cc1. The van der Waals surface area contributed by atoms with Crippen molar-refractivity contribution in [2.45, 2.75) is 32.1 Å². The molecule has 0 atom stereocenters. The van der Waals surface area contributed by atoms with Gasteiger partial charge < -0.3 is 10.2 Å². The molecule has 0 aliphatic carbocycles. The second kappa shape index (κ2) is 8.65. The minimum atomic E-state index is -0.332. The van der Waals surface area contributed by atoms with Gasteiger partial charge in [-0.1, -0.05) is 25.0 Å². The smallest absolute Gasteiger partial charge is 0.251 e. The van der Waals surface area contributed by atoms with Crippen molar-refractivity contribution in [3.8, 4) is 0 Å². The highest BCUT2D eigenvalue weighted by molar-refractivity contribution is 5.94. The maximum absolute atomic E-state index is 12.9. The number of halogens is 1. The van der Waals surface area contributed by atoms with Gasteiger partial charge in [-0.3, -0.25) is 4.79 Å². The first-order valence-electron chi connectivity index (χ1n) is 9.10. The highest BCUT2D eigenvalue weighted by Gasteiger charge is 2.10. The predicted molar refractivity (Wildman–Crippen MR) is 99.6 cm³/mol. The molecule has 0 bridgehead atoms. The summed E-state index contributed by atoms with van der Waals surface area (Å²) in [6, 6.07) is 14.3. The summed E-state index contributed by atoms with van der Waals surface area (Å²) in [5.74, 6) is -0.498. The highest BCUT2D eigenvalue weighted by atomic mass is 19.1. The molecule has 132 valence electrons. The van der Waals surface area contributed by atoms with Crippen molar-refractivity contribution in [1.82, 2.24) is 5.32 Å². The third-order valence-electron chi connectivity index (χ3n) is 4.71. The molecule has 0 radical (unpaired) electrons. The third-order valence-corrected chi connectivity index (χ3v) is 4.71. The van der Waals surface area contributed by atoms with E-state index in [4.69, 9.17) is 0 Å². The van der Waals surface area contributed by atoms with Crippen LogP contribution in [0, 0.1) is 5.82 Å². The van der Waals surface area contributed by atoms with E-state index in [1.165, 1.54) is 61.2 Å². The molecule has 0 saturated carbocycles. The summed E-state index contributed by atoms with van der Waals surface area (Å²) in [7, 11) is 0. The lowest BCUT2D eigenvalue weighted by Gasteiger charge is -2.22. The van der Waals surface area contributed by atoms with Gasteiger partial charge in [-0.25, -0.2) is 4.39 Å². The van der Waals surface area contributed by atoms with Gasteiger partial charge in [0.2, 0.25) is 0 Å². The molecule has 3 nitrogen and oxygen atoms in total. The fraction of sp³-hybridized carbons (Fsp3) is 0.381. The summed E-state index contributed by atoms with van der Waals surface area (Å²) in [6.45, 7) is 2.86. The Kier molecular flexibility index (Phi) is 6.04. The van der Waals surface area contributed by atoms with E-state index in [2.05, 4.69) is 34.5 Å². The van der Waals surface area contributed by atoms with Gasteiger partial charge in [0.15, 0.2) is 0 Å². The first-order chi connectivity index (χ1) is 12.2. The van der Waals surface area contributed by atoms with E-state index in [1.54, 1.807) is 0 Å². The third kappa shape index (κ3) is 5.05. The predicted octanol–water partition coefficient (Wildman–Crippen LogP) is 4.18. The van der Waals surface area contributed by atoms with Crippen molar-refractivity contribution in [2.24, 2.45) is 0 Å². The molecule has 2 aromatic rings. The lowest BCUT2D eigenvalue weighted by molar-refractivity contribution is 0.0954. The summed E-state index contributed by atoms with van der Waals surface area (Å²) in [5.41, 5.74) is 2.98. The minimum absolute atomic E-state index is 0.166. The number of carbonyl (C=O) groups is 1. The first kappa shape index (κ1) is 17.5. The van der Waals surface area contributed by atoms with E-state index in [-0.39, 0.29) is 11.7 Å². The Bertz CT molecular complexity index is 674. The maximum Gasteiger partial charge on any atom is 0.251 e. The quantitative estimate of drug-likeness (QED) is 0.886. The zero-order valence-electron chi connectivity index (χ0n) is 14.5. The van der Waals surface area contributed by atoms with Crippen molar-refractivity contribution in [3.63, 3.8) is 0 Å². The normalized spacial score (nSPS) is 14.8. The Labute approximate surface area is 148 Å². The number of benzene rings is 2. The fourth-order valence-electron chi connectivity index (χ4n) is 3.23. The van der Waals surface area contributed by atoms with E-state index in [1.807, 2.05) is 0 Å². The van der Waals surface area contributed by atoms with Crippen LogP contribution in [0.3, 0.4) is 0 Å². The molecule has 1 saturated heterocycles. The van der Waals surface area contributed by atoms with Crippen molar-refractivity contribution < 1.29 is 9.18 Å². The average Bonchev–Trinajstić information content (AvgIpc) is 2.92. The van der Waals surface area contributed by atoms with E-state index < -0.39 is 0 Å². The topological polar surface area (TPSA) is 32.3 Å². The molecular formula is C21H25FN2O. The van der Waals surface area contributed by atoms with Crippen molar-refractivity contribution in [1.29, 1.82) is 0 Å². The summed E-state index contributed by atoms with van der Waals surface area (Å²) in [5, 5.41) is 2.88. The summed E-state index contributed by atoms with van der Waals surface area (Å²) in [4.78, 5) is 14.5. The van der Waals surface area contributed by atoms with Gasteiger partial charge in [0.25, 0.3) is 5.91 Å². The van der Waals surface area contributed by atoms with Gasteiger partial charge in [-0.05, 0) is 61.2 Å².